The number of aromatic carboxylic acids is 1. The van der Waals surface area contributed by atoms with Crippen molar-refractivity contribution >= 4 is 5.97 Å². The fourth-order valence-electron chi connectivity index (χ4n) is 1.21. The van der Waals surface area contributed by atoms with Crippen LogP contribution in [0.1, 0.15) is 29.6 Å². The number of carboxylic acids is 1. The van der Waals surface area contributed by atoms with Gasteiger partial charge in [0, 0.05) is 12.4 Å². The lowest BCUT2D eigenvalue weighted by Crippen LogP contribution is -2.21. The molecule has 0 unspecified atom stereocenters. The number of carboxylic acid groups (broad SMARTS) is 1. The Bertz CT molecular complexity index is 274. The van der Waals surface area contributed by atoms with Crippen LogP contribution >= 0.6 is 0 Å². The minimum absolute atomic E-state index is 0.109. The molecule has 0 aliphatic carbocycles. The number of hydrogen-bond acceptors (Lipinski definition) is 4. The summed E-state index contributed by atoms with van der Waals surface area (Å²) in [4.78, 5) is 17.1. The van der Waals surface area contributed by atoms with E-state index in [1.807, 2.05) is 0 Å². The van der Waals surface area contributed by atoms with Crippen LogP contribution in [0.5, 0.6) is 0 Å². The van der Waals surface area contributed by atoms with Crippen LogP contribution in [0.15, 0.2) is 18.7 Å². The van der Waals surface area contributed by atoms with Gasteiger partial charge in [-0.3, -0.25) is 0 Å². The molecule has 0 atom stereocenters. The lowest BCUT2D eigenvalue weighted by Gasteiger charge is -2.08. The van der Waals surface area contributed by atoms with E-state index < -0.39 is 5.97 Å². The van der Waals surface area contributed by atoms with Crippen molar-refractivity contribution in [1.29, 1.82) is 0 Å². The molecule has 0 spiro atoms. The van der Waals surface area contributed by atoms with Crippen molar-refractivity contribution in [3.8, 4) is 0 Å². The van der Waals surface area contributed by atoms with E-state index >= 15 is 0 Å². The van der Waals surface area contributed by atoms with Gasteiger partial charge in [-0.15, -0.1) is 0 Å². The molecule has 2 heterocycles. The van der Waals surface area contributed by atoms with E-state index in [4.69, 9.17) is 5.11 Å². The molecule has 15 heavy (non-hydrogen) atoms. The van der Waals surface area contributed by atoms with Crippen molar-refractivity contribution in [3.63, 3.8) is 0 Å². The van der Waals surface area contributed by atoms with E-state index in [2.05, 4.69) is 15.3 Å². The van der Waals surface area contributed by atoms with E-state index in [9.17, 15) is 4.79 Å². The van der Waals surface area contributed by atoms with Crippen LogP contribution in [0, 0.1) is 0 Å². The Labute approximate surface area is 88.6 Å². The van der Waals surface area contributed by atoms with Gasteiger partial charge in [0.25, 0.3) is 0 Å². The molecule has 2 rings (SSSR count). The van der Waals surface area contributed by atoms with Crippen molar-refractivity contribution in [2.24, 2.45) is 0 Å². The summed E-state index contributed by atoms with van der Waals surface area (Å²) >= 11 is 0. The molecular weight excluding hydrogens is 194 g/mol. The molecule has 0 amide bonds. The van der Waals surface area contributed by atoms with Gasteiger partial charge in [-0.1, -0.05) is 6.42 Å². The quantitative estimate of drug-likeness (QED) is 0.719. The number of rotatable bonds is 1. The first-order valence-corrected chi connectivity index (χ1v) is 4.99. The van der Waals surface area contributed by atoms with E-state index in [-0.39, 0.29) is 5.56 Å². The highest BCUT2D eigenvalue weighted by atomic mass is 16.4. The molecule has 82 valence electrons. The fourth-order valence-corrected chi connectivity index (χ4v) is 1.21. The van der Waals surface area contributed by atoms with Crippen molar-refractivity contribution in [2.75, 3.05) is 13.1 Å². The highest BCUT2D eigenvalue weighted by molar-refractivity contribution is 5.86. The summed E-state index contributed by atoms with van der Waals surface area (Å²) in [7, 11) is 0. The second-order valence-electron chi connectivity index (χ2n) is 3.24. The van der Waals surface area contributed by atoms with Crippen molar-refractivity contribution in [1.82, 2.24) is 15.3 Å². The molecule has 5 heteroatoms. The third-order valence-electron chi connectivity index (χ3n) is 2.01. The van der Waals surface area contributed by atoms with Crippen molar-refractivity contribution < 1.29 is 9.90 Å². The molecule has 1 aliphatic heterocycles. The van der Waals surface area contributed by atoms with Crippen LogP contribution in [0.25, 0.3) is 0 Å². The summed E-state index contributed by atoms with van der Waals surface area (Å²) in [6, 6.07) is 0. The third-order valence-corrected chi connectivity index (χ3v) is 2.01. The van der Waals surface area contributed by atoms with Crippen LogP contribution < -0.4 is 5.32 Å². The van der Waals surface area contributed by atoms with Gasteiger partial charge in [0.2, 0.25) is 0 Å². The van der Waals surface area contributed by atoms with Gasteiger partial charge >= 0.3 is 5.97 Å². The molecule has 0 saturated carbocycles. The second-order valence-corrected chi connectivity index (χ2v) is 3.24. The Hall–Kier alpha value is -1.49. The smallest absolute Gasteiger partial charge is 0.338 e. The molecule has 0 aromatic carbocycles. The summed E-state index contributed by atoms with van der Waals surface area (Å²) in [5.74, 6) is -1.00. The lowest BCUT2D eigenvalue weighted by molar-refractivity contribution is 0.0696. The maximum Gasteiger partial charge on any atom is 0.338 e. The first-order chi connectivity index (χ1) is 7.30. The SMILES string of the molecule is C1CCNCC1.O=C(O)c1cncnc1. The summed E-state index contributed by atoms with van der Waals surface area (Å²) < 4.78 is 0. The number of aromatic nitrogens is 2. The lowest BCUT2D eigenvalue weighted by atomic mass is 10.2. The van der Waals surface area contributed by atoms with Crippen LogP contribution in [-0.2, 0) is 0 Å². The zero-order valence-corrected chi connectivity index (χ0v) is 8.52. The molecule has 0 bridgehead atoms. The Morgan fingerprint density at radius 1 is 1.20 bits per heavy atom. The van der Waals surface area contributed by atoms with Crippen LogP contribution in [-0.4, -0.2) is 34.1 Å². The molecule has 2 N–H and O–H groups in total. The Kier molecular flexibility index (Phi) is 5.32. The average molecular weight is 209 g/mol. The monoisotopic (exact) mass is 209 g/mol. The van der Waals surface area contributed by atoms with Crippen LogP contribution in [0.2, 0.25) is 0 Å². The summed E-state index contributed by atoms with van der Waals surface area (Å²) in [5.41, 5.74) is 0.109. The highest BCUT2D eigenvalue weighted by Crippen LogP contribution is 1.96. The van der Waals surface area contributed by atoms with Crippen LogP contribution in [0.4, 0.5) is 0 Å². The number of nitrogens with zero attached hydrogens (tertiary/aromatic N) is 2. The molecule has 1 saturated heterocycles. The van der Waals surface area contributed by atoms with E-state index in [1.54, 1.807) is 0 Å². The number of nitrogens with one attached hydrogen (secondary N) is 1. The number of carbonyl (C=O) groups is 1. The van der Waals surface area contributed by atoms with Gasteiger partial charge in [0.15, 0.2) is 0 Å². The van der Waals surface area contributed by atoms with Gasteiger partial charge in [0.1, 0.15) is 6.33 Å². The maximum absolute atomic E-state index is 10.1. The molecule has 1 aliphatic rings. The standard InChI is InChI=1S/C5H4N2O2.C5H11N/c8-5(9)4-1-6-3-7-2-4;1-2-4-6-5-3-1/h1-3H,(H,8,9);6H,1-5H2. The third kappa shape index (κ3) is 5.07. The number of hydrogen-bond donors (Lipinski definition) is 2. The topological polar surface area (TPSA) is 75.1 Å². The summed E-state index contributed by atoms with van der Waals surface area (Å²) in [5, 5.41) is 11.6. The van der Waals surface area contributed by atoms with Crippen molar-refractivity contribution in [2.45, 2.75) is 19.3 Å². The predicted molar refractivity (Wildman–Crippen MR) is 55.7 cm³/mol. The maximum atomic E-state index is 10.1. The molecule has 0 radical (unpaired) electrons. The van der Waals surface area contributed by atoms with Gasteiger partial charge in [-0.05, 0) is 25.9 Å². The normalized spacial score (nSPS) is 14.9. The predicted octanol–water partition coefficient (Wildman–Crippen LogP) is 0.935. The first kappa shape index (κ1) is 11.6. The molecule has 1 aromatic rings. The zero-order chi connectivity index (χ0) is 10.9. The van der Waals surface area contributed by atoms with E-state index in [0.29, 0.717) is 0 Å². The van der Waals surface area contributed by atoms with Gasteiger partial charge in [0.05, 0.1) is 5.56 Å². The molecular formula is C10H15N3O2. The summed E-state index contributed by atoms with van der Waals surface area (Å²) in [6.07, 6.45) is 7.99. The fraction of sp³-hybridized carbons (Fsp3) is 0.500. The van der Waals surface area contributed by atoms with Gasteiger partial charge in [-0.2, -0.15) is 0 Å². The minimum Gasteiger partial charge on any atom is -0.478 e. The molecule has 1 aromatic heterocycles. The van der Waals surface area contributed by atoms with E-state index in [0.717, 1.165) is 0 Å². The average Bonchev–Trinajstić information content (AvgIpc) is 2.33. The molecule has 1 fully saturated rings. The second kappa shape index (κ2) is 6.89. The Morgan fingerprint density at radius 3 is 2.07 bits per heavy atom. The van der Waals surface area contributed by atoms with E-state index in [1.165, 1.54) is 51.1 Å². The zero-order valence-electron chi connectivity index (χ0n) is 8.52. The van der Waals surface area contributed by atoms with Crippen molar-refractivity contribution in [3.05, 3.63) is 24.3 Å². The Morgan fingerprint density at radius 2 is 1.80 bits per heavy atom. The van der Waals surface area contributed by atoms with Gasteiger partial charge < -0.3 is 10.4 Å². The first-order valence-electron chi connectivity index (χ1n) is 4.99. The van der Waals surface area contributed by atoms with Gasteiger partial charge in [-0.25, -0.2) is 14.8 Å². The van der Waals surface area contributed by atoms with Crippen LogP contribution in [0.3, 0.4) is 0 Å². The largest absolute Gasteiger partial charge is 0.478 e. The molecule has 5 nitrogen and oxygen atoms in total. The summed E-state index contributed by atoms with van der Waals surface area (Å²) in [6.45, 7) is 2.50. The number of piperidine rings is 1. The minimum atomic E-state index is -1.00. The Balaban J connectivity index is 0.000000162. The highest BCUT2D eigenvalue weighted by Gasteiger charge is 1.98.